The van der Waals surface area contributed by atoms with Crippen LogP contribution in [-0.2, 0) is 9.59 Å². The molecule has 1 aromatic rings. The molecule has 8 nitrogen and oxygen atoms in total. The maximum Gasteiger partial charge on any atom is 0.325 e. The van der Waals surface area contributed by atoms with Crippen molar-refractivity contribution in [3.63, 3.8) is 0 Å². The lowest BCUT2D eigenvalue weighted by Crippen LogP contribution is -2.38. The lowest BCUT2D eigenvalue weighted by atomic mass is 10.1. The van der Waals surface area contributed by atoms with Crippen molar-refractivity contribution in [2.45, 2.75) is 13.0 Å². The van der Waals surface area contributed by atoms with E-state index in [0.29, 0.717) is 5.75 Å². The molecule has 0 aliphatic carbocycles. The third-order valence-corrected chi connectivity index (χ3v) is 2.78. The minimum atomic E-state index is -1.13. The van der Waals surface area contributed by atoms with Crippen LogP contribution in [0.25, 0.3) is 0 Å². The van der Waals surface area contributed by atoms with Crippen LogP contribution >= 0.6 is 0 Å². The van der Waals surface area contributed by atoms with Gasteiger partial charge in [-0.1, -0.05) is 0 Å². The molecule has 0 aliphatic rings. The Labute approximate surface area is 127 Å². The summed E-state index contributed by atoms with van der Waals surface area (Å²) in [5.41, 5.74) is 0.220. The minimum absolute atomic E-state index is 0.186. The van der Waals surface area contributed by atoms with Gasteiger partial charge in [-0.3, -0.25) is 14.4 Å². The zero-order chi connectivity index (χ0) is 16.7. The fraction of sp³-hybridized carbons (Fsp3) is 0.357. The monoisotopic (exact) mass is 310 g/mol. The van der Waals surface area contributed by atoms with Crippen LogP contribution in [0.1, 0.15) is 17.3 Å². The number of carbonyl (C=O) groups excluding carboxylic acids is 2. The number of rotatable bonds is 7. The molecule has 1 rings (SSSR count). The third kappa shape index (κ3) is 4.65. The van der Waals surface area contributed by atoms with E-state index in [-0.39, 0.29) is 23.8 Å². The highest BCUT2D eigenvalue weighted by Gasteiger charge is 2.17. The number of carbonyl (C=O) groups is 3. The first-order valence-corrected chi connectivity index (χ1v) is 6.44. The van der Waals surface area contributed by atoms with Gasteiger partial charge in [0.25, 0.3) is 11.8 Å². The molecule has 0 radical (unpaired) electrons. The van der Waals surface area contributed by atoms with Crippen LogP contribution in [0.5, 0.6) is 11.5 Å². The van der Waals surface area contributed by atoms with Crippen molar-refractivity contribution in [3.8, 4) is 11.5 Å². The summed E-state index contributed by atoms with van der Waals surface area (Å²) in [4.78, 5) is 33.8. The summed E-state index contributed by atoms with van der Waals surface area (Å²) in [6.07, 6.45) is 0. The first-order valence-electron chi connectivity index (χ1n) is 6.44. The molecule has 0 bridgehead atoms. The first-order chi connectivity index (χ1) is 10.4. The fourth-order valence-corrected chi connectivity index (χ4v) is 1.49. The molecule has 0 saturated carbocycles. The van der Waals surface area contributed by atoms with E-state index in [9.17, 15) is 14.4 Å². The van der Waals surface area contributed by atoms with Crippen molar-refractivity contribution in [2.75, 3.05) is 20.8 Å². The lowest BCUT2D eigenvalue weighted by molar-refractivity contribution is -0.138. The van der Waals surface area contributed by atoms with Gasteiger partial charge in [0.2, 0.25) is 0 Å². The zero-order valence-corrected chi connectivity index (χ0v) is 12.5. The number of carboxylic acids is 1. The summed E-state index contributed by atoms with van der Waals surface area (Å²) in [7, 11) is 2.88. The van der Waals surface area contributed by atoms with Crippen LogP contribution in [0.3, 0.4) is 0 Å². The van der Waals surface area contributed by atoms with Gasteiger partial charge in [-0.05, 0) is 25.1 Å². The van der Waals surface area contributed by atoms with Crippen LogP contribution in [-0.4, -0.2) is 49.7 Å². The van der Waals surface area contributed by atoms with E-state index in [4.69, 9.17) is 14.6 Å². The predicted molar refractivity (Wildman–Crippen MR) is 77.1 cm³/mol. The average molecular weight is 310 g/mol. The van der Waals surface area contributed by atoms with Crippen molar-refractivity contribution >= 4 is 17.8 Å². The van der Waals surface area contributed by atoms with E-state index in [0.717, 1.165) is 0 Å². The number of carboxylic acid groups (broad SMARTS) is 1. The molecule has 0 saturated heterocycles. The molecular formula is C14H18N2O6. The van der Waals surface area contributed by atoms with Gasteiger partial charge in [-0.25, -0.2) is 0 Å². The molecule has 120 valence electrons. The van der Waals surface area contributed by atoms with Gasteiger partial charge < -0.3 is 25.2 Å². The van der Waals surface area contributed by atoms with E-state index in [1.165, 1.54) is 39.3 Å². The number of methoxy groups -OCH3 is 1. The summed E-state index contributed by atoms with van der Waals surface area (Å²) in [6, 6.07) is 3.32. The van der Waals surface area contributed by atoms with Crippen LogP contribution < -0.4 is 20.1 Å². The highest BCUT2D eigenvalue weighted by molar-refractivity contribution is 5.97. The van der Waals surface area contributed by atoms with Crippen LogP contribution in [0.2, 0.25) is 0 Å². The normalized spacial score (nSPS) is 11.2. The molecule has 22 heavy (non-hydrogen) atoms. The molecule has 0 aromatic heterocycles. The molecule has 1 atom stereocenters. The molecule has 1 unspecified atom stereocenters. The van der Waals surface area contributed by atoms with E-state index in [2.05, 4.69) is 10.6 Å². The Morgan fingerprint density at radius 1 is 1.27 bits per heavy atom. The maximum atomic E-state index is 11.9. The number of amides is 2. The molecule has 0 fully saturated rings. The van der Waals surface area contributed by atoms with Crippen LogP contribution in [0.4, 0.5) is 0 Å². The Kier molecular flexibility index (Phi) is 6.18. The van der Waals surface area contributed by atoms with Crippen molar-refractivity contribution in [3.05, 3.63) is 23.8 Å². The second-order valence-electron chi connectivity index (χ2n) is 4.36. The second-order valence-corrected chi connectivity index (χ2v) is 4.36. The largest absolute Gasteiger partial charge is 0.493 e. The molecular weight excluding hydrogens is 292 g/mol. The van der Waals surface area contributed by atoms with Crippen LogP contribution in [0.15, 0.2) is 18.2 Å². The number of hydrogen-bond donors (Lipinski definition) is 3. The maximum absolute atomic E-state index is 11.9. The Morgan fingerprint density at radius 2 is 1.95 bits per heavy atom. The van der Waals surface area contributed by atoms with Gasteiger partial charge in [0.1, 0.15) is 6.04 Å². The van der Waals surface area contributed by atoms with Gasteiger partial charge in [-0.15, -0.1) is 0 Å². The molecule has 0 spiro atoms. The molecule has 0 aliphatic heterocycles. The third-order valence-electron chi connectivity index (χ3n) is 2.78. The second kappa shape index (κ2) is 7.87. The SMILES string of the molecule is CNC(=O)COc1ccc(C(=O)NC(C)C(=O)O)cc1OC. The molecule has 2 amide bonds. The van der Waals surface area contributed by atoms with Crippen molar-refractivity contribution in [2.24, 2.45) is 0 Å². The van der Waals surface area contributed by atoms with E-state index >= 15 is 0 Å². The lowest BCUT2D eigenvalue weighted by Gasteiger charge is -2.13. The Morgan fingerprint density at radius 3 is 2.50 bits per heavy atom. The highest BCUT2D eigenvalue weighted by atomic mass is 16.5. The zero-order valence-electron chi connectivity index (χ0n) is 12.5. The molecule has 0 heterocycles. The van der Waals surface area contributed by atoms with Gasteiger partial charge in [0.15, 0.2) is 18.1 Å². The predicted octanol–water partition coefficient (Wildman–Crippen LogP) is 0.0229. The summed E-state index contributed by atoms with van der Waals surface area (Å²) in [5, 5.41) is 13.5. The van der Waals surface area contributed by atoms with Crippen molar-refractivity contribution < 1.29 is 29.0 Å². The Balaban J connectivity index is 2.85. The van der Waals surface area contributed by atoms with Crippen molar-refractivity contribution in [1.82, 2.24) is 10.6 Å². The summed E-state index contributed by atoms with van der Waals surface area (Å²) in [6.45, 7) is 1.17. The quantitative estimate of drug-likeness (QED) is 0.654. The molecule has 3 N–H and O–H groups in total. The number of benzene rings is 1. The van der Waals surface area contributed by atoms with E-state index in [1.807, 2.05) is 0 Å². The highest BCUT2D eigenvalue weighted by Crippen LogP contribution is 2.28. The first kappa shape index (κ1) is 17.3. The van der Waals surface area contributed by atoms with Crippen LogP contribution in [0, 0.1) is 0 Å². The minimum Gasteiger partial charge on any atom is -0.493 e. The number of nitrogens with one attached hydrogen (secondary N) is 2. The summed E-state index contributed by atoms with van der Waals surface area (Å²) < 4.78 is 10.4. The standard InChI is InChI=1S/C14H18N2O6/c1-8(14(19)20)16-13(18)9-4-5-10(11(6-9)21-3)22-7-12(17)15-2/h4-6,8H,7H2,1-3H3,(H,15,17)(H,16,18)(H,19,20). The van der Waals surface area contributed by atoms with Gasteiger partial charge in [-0.2, -0.15) is 0 Å². The smallest absolute Gasteiger partial charge is 0.325 e. The average Bonchev–Trinajstić information content (AvgIpc) is 2.51. The molecule has 1 aromatic carbocycles. The number of ether oxygens (including phenoxy) is 2. The number of likely N-dealkylation sites (N-methyl/N-ethyl adjacent to an activating group) is 1. The van der Waals surface area contributed by atoms with E-state index in [1.54, 1.807) is 0 Å². The summed E-state index contributed by atoms with van der Waals surface area (Å²) >= 11 is 0. The molecule has 8 heteroatoms. The van der Waals surface area contributed by atoms with E-state index < -0.39 is 17.9 Å². The van der Waals surface area contributed by atoms with Gasteiger partial charge in [0.05, 0.1) is 7.11 Å². The number of aliphatic carboxylic acids is 1. The topological polar surface area (TPSA) is 114 Å². The Hall–Kier alpha value is -2.77. The fourth-order valence-electron chi connectivity index (χ4n) is 1.49. The van der Waals surface area contributed by atoms with Gasteiger partial charge in [0, 0.05) is 12.6 Å². The summed E-state index contributed by atoms with van der Waals surface area (Å²) in [5.74, 6) is -1.43. The van der Waals surface area contributed by atoms with Crippen molar-refractivity contribution in [1.29, 1.82) is 0 Å². The van der Waals surface area contributed by atoms with Gasteiger partial charge >= 0.3 is 5.97 Å². The Bertz CT molecular complexity index is 572. The number of hydrogen-bond acceptors (Lipinski definition) is 5.